The molecule has 0 unspecified atom stereocenters. The first kappa shape index (κ1) is 13.0. The van der Waals surface area contributed by atoms with Crippen molar-refractivity contribution < 1.29 is 14.3 Å². The molecule has 0 spiro atoms. The molecule has 4 nitrogen and oxygen atoms in total. The lowest BCUT2D eigenvalue weighted by Gasteiger charge is -2.11. The largest absolute Gasteiger partial charge is 0.496 e. The summed E-state index contributed by atoms with van der Waals surface area (Å²) in [6.45, 7) is 3.97. The van der Waals surface area contributed by atoms with E-state index in [9.17, 15) is 4.79 Å². The zero-order chi connectivity index (χ0) is 12.8. The van der Waals surface area contributed by atoms with Crippen LogP contribution in [-0.4, -0.2) is 19.7 Å². The van der Waals surface area contributed by atoms with E-state index in [2.05, 4.69) is 6.07 Å². The molecule has 1 rings (SSSR count). The zero-order valence-corrected chi connectivity index (χ0v) is 10.2. The van der Waals surface area contributed by atoms with Crippen molar-refractivity contribution in [2.45, 2.75) is 20.3 Å². The van der Waals surface area contributed by atoms with Crippen LogP contribution in [0.25, 0.3) is 0 Å². The lowest BCUT2D eigenvalue weighted by atomic mass is 10.0. The molecule has 0 aromatic heterocycles. The Morgan fingerprint density at radius 2 is 2.18 bits per heavy atom. The van der Waals surface area contributed by atoms with Gasteiger partial charge >= 0.3 is 5.97 Å². The normalized spacial score (nSPS) is 9.53. The maximum absolute atomic E-state index is 11.4. The number of hydrogen-bond acceptors (Lipinski definition) is 4. The van der Waals surface area contributed by atoms with Gasteiger partial charge in [0.1, 0.15) is 5.75 Å². The third kappa shape index (κ3) is 3.22. The van der Waals surface area contributed by atoms with Crippen molar-refractivity contribution >= 4 is 5.97 Å². The fraction of sp³-hybridized carbons (Fsp3) is 0.385. The van der Waals surface area contributed by atoms with Gasteiger partial charge in [-0.3, -0.25) is 4.79 Å². The first-order chi connectivity index (χ1) is 8.12. The van der Waals surface area contributed by atoms with Crippen LogP contribution in [0.2, 0.25) is 0 Å². The number of nitrogens with zero attached hydrogens (tertiary/aromatic N) is 1. The minimum Gasteiger partial charge on any atom is -0.496 e. The van der Waals surface area contributed by atoms with Gasteiger partial charge in [-0.1, -0.05) is 0 Å². The molecule has 17 heavy (non-hydrogen) atoms. The summed E-state index contributed by atoms with van der Waals surface area (Å²) in [5.41, 5.74) is 2.14. The number of hydrogen-bond donors (Lipinski definition) is 0. The van der Waals surface area contributed by atoms with E-state index in [1.807, 2.05) is 6.92 Å². The van der Waals surface area contributed by atoms with Crippen molar-refractivity contribution in [3.05, 3.63) is 28.8 Å². The molecule has 0 aliphatic rings. The average Bonchev–Trinajstić information content (AvgIpc) is 2.31. The van der Waals surface area contributed by atoms with Gasteiger partial charge in [-0.05, 0) is 31.5 Å². The van der Waals surface area contributed by atoms with E-state index in [-0.39, 0.29) is 12.4 Å². The van der Waals surface area contributed by atoms with Gasteiger partial charge in [0.15, 0.2) is 0 Å². The number of methoxy groups -OCH3 is 1. The molecule has 0 saturated heterocycles. The Bertz CT molecular complexity index is 460. The quantitative estimate of drug-likeness (QED) is 0.746. The second kappa shape index (κ2) is 5.90. The predicted molar refractivity (Wildman–Crippen MR) is 62.8 cm³/mol. The standard InChI is InChI=1S/C13H15NO3/c1-4-17-13(15)7-11-9(2)5-10(8-14)6-12(11)16-3/h5-6H,4,7H2,1-3H3. The summed E-state index contributed by atoms with van der Waals surface area (Å²) in [6, 6.07) is 5.41. The molecule has 0 N–H and O–H groups in total. The summed E-state index contributed by atoms with van der Waals surface area (Å²) in [5, 5.41) is 8.84. The second-order valence-corrected chi connectivity index (χ2v) is 3.57. The molecular weight excluding hydrogens is 218 g/mol. The molecule has 0 fully saturated rings. The SMILES string of the molecule is CCOC(=O)Cc1c(C)cc(C#N)cc1OC. The highest BCUT2D eigenvalue weighted by Gasteiger charge is 2.13. The maximum Gasteiger partial charge on any atom is 0.310 e. The number of benzene rings is 1. The third-order valence-corrected chi connectivity index (χ3v) is 2.41. The minimum atomic E-state index is -0.293. The predicted octanol–water partition coefficient (Wildman–Crippen LogP) is 1.98. The Balaban J connectivity index is 3.06. The molecule has 0 aliphatic carbocycles. The lowest BCUT2D eigenvalue weighted by Crippen LogP contribution is -2.10. The molecule has 0 atom stereocenters. The van der Waals surface area contributed by atoms with Gasteiger partial charge < -0.3 is 9.47 Å². The molecule has 0 radical (unpaired) electrons. The molecule has 1 aromatic rings. The number of aryl methyl sites for hydroxylation is 1. The number of carbonyl (C=O) groups is 1. The van der Waals surface area contributed by atoms with Gasteiger partial charge in [0.05, 0.1) is 31.8 Å². The summed E-state index contributed by atoms with van der Waals surface area (Å²) in [5.74, 6) is 0.258. The van der Waals surface area contributed by atoms with Gasteiger partial charge in [-0.2, -0.15) is 5.26 Å². The van der Waals surface area contributed by atoms with E-state index >= 15 is 0 Å². The highest BCUT2D eigenvalue weighted by molar-refractivity contribution is 5.74. The van der Waals surface area contributed by atoms with Crippen LogP contribution < -0.4 is 4.74 Å². The highest BCUT2D eigenvalue weighted by atomic mass is 16.5. The molecule has 90 valence electrons. The van der Waals surface area contributed by atoms with Crippen LogP contribution in [0, 0.1) is 18.3 Å². The fourth-order valence-electron chi connectivity index (χ4n) is 1.61. The van der Waals surface area contributed by atoms with Crippen molar-refractivity contribution in [2.75, 3.05) is 13.7 Å². The van der Waals surface area contributed by atoms with Crippen molar-refractivity contribution in [2.24, 2.45) is 0 Å². The van der Waals surface area contributed by atoms with Crippen LogP contribution in [-0.2, 0) is 16.0 Å². The van der Waals surface area contributed by atoms with Crippen LogP contribution >= 0.6 is 0 Å². The Hall–Kier alpha value is -2.02. The van der Waals surface area contributed by atoms with Crippen molar-refractivity contribution in [3.8, 4) is 11.8 Å². The average molecular weight is 233 g/mol. The third-order valence-electron chi connectivity index (χ3n) is 2.41. The van der Waals surface area contributed by atoms with E-state index in [1.54, 1.807) is 19.1 Å². The van der Waals surface area contributed by atoms with E-state index < -0.39 is 0 Å². The monoisotopic (exact) mass is 233 g/mol. The van der Waals surface area contributed by atoms with Crippen LogP contribution in [0.4, 0.5) is 0 Å². The topological polar surface area (TPSA) is 59.3 Å². The molecule has 0 heterocycles. The Morgan fingerprint density at radius 1 is 1.47 bits per heavy atom. The summed E-state index contributed by atoms with van der Waals surface area (Å²) >= 11 is 0. The number of nitriles is 1. The van der Waals surface area contributed by atoms with Crippen molar-refractivity contribution in [1.82, 2.24) is 0 Å². The van der Waals surface area contributed by atoms with Crippen LogP contribution in [0.3, 0.4) is 0 Å². The molecule has 1 aromatic carbocycles. The molecule has 0 bridgehead atoms. The van der Waals surface area contributed by atoms with E-state index in [1.165, 1.54) is 7.11 Å². The minimum absolute atomic E-state index is 0.161. The Labute approximate surface area is 101 Å². The molecule has 0 aliphatic heterocycles. The van der Waals surface area contributed by atoms with E-state index in [0.29, 0.717) is 17.9 Å². The van der Waals surface area contributed by atoms with Crippen LogP contribution in [0.5, 0.6) is 5.75 Å². The Morgan fingerprint density at radius 3 is 2.71 bits per heavy atom. The molecule has 0 saturated carbocycles. The van der Waals surface area contributed by atoms with E-state index in [4.69, 9.17) is 14.7 Å². The number of ether oxygens (including phenoxy) is 2. The maximum atomic E-state index is 11.4. The van der Waals surface area contributed by atoms with Gasteiger partial charge in [0, 0.05) is 5.56 Å². The van der Waals surface area contributed by atoms with Crippen molar-refractivity contribution in [1.29, 1.82) is 5.26 Å². The van der Waals surface area contributed by atoms with Crippen LogP contribution in [0.1, 0.15) is 23.6 Å². The fourth-order valence-corrected chi connectivity index (χ4v) is 1.61. The lowest BCUT2D eigenvalue weighted by molar-refractivity contribution is -0.142. The Kier molecular flexibility index (Phi) is 4.53. The summed E-state index contributed by atoms with van der Waals surface area (Å²) in [6.07, 6.45) is 0.161. The summed E-state index contributed by atoms with van der Waals surface area (Å²) in [7, 11) is 1.52. The zero-order valence-electron chi connectivity index (χ0n) is 10.2. The van der Waals surface area contributed by atoms with Crippen molar-refractivity contribution in [3.63, 3.8) is 0 Å². The smallest absolute Gasteiger partial charge is 0.310 e. The molecule has 4 heteroatoms. The molecule has 0 amide bonds. The van der Waals surface area contributed by atoms with Gasteiger partial charge in [0.2, 0.25) is 0 Å². The summed E-state index contributed by atoms with van der Waals surface area (Å²) < 4.78 is 10.1. The summed E-state index contributed by atoms with van der Waals surface area (Å²) in [4.78, 5) is 11.4. The number of carbonyl (C=O) groups excluding carboxylic acids is 1. The first-order valence-corrected chi connectivity index (χ1v) is 5.35. The highest BCUT2D eigenvalue weighted by Crippen LogP contribution is 2.24. The van der Waals surface area contributed by atoms with E-state index in [0.717, 1.165) is 11.1 Å². The van der Waals surface area contributed by atoms with Gasteiger partial charge in [0.25, 0.3) is 0 Å². The molecular formula is C13H15NO3. The number of rotatable bonds is 4. The van der Waals surface area contributed by atoms with Gasteiger partial charge in [-0.25, -0.2) is 0 Å². The number of esters is 1. The second-order valence-electron chi connectivity index (χ2n) is 3.57. The van der Waals surface area contributed by atoms with Crippen LogP contribution in [0.15, 0.2) is 12.1 Å². The van der Waals surface area contributed by atoms with Gasteiger partial charge in [-0.15, -0.1) is 0 Å². The first-order valence-electron chi connectivity index (χ1n) is 5.35.